The molecule has 6 heteroatoms. The van der Waals surface area contributed by atoms with Crippen LogP contribution in [0.15, 0.2) is 12.1 Å². The largest absolute Gasteiger partial charge is 0.493 e. The van der Waals surface area contributed by atoms with E-state index in [-0.39, 0.29) is 18.6 Å². The molecule has 0 spiro atoms. The minimum atomic E-state index is -0.194. The summed E-state index contributed by atoms with van der Waals surface area (Å²) in [6.07, 6.45) is 0.709. The molecular formula is C15H24N2O4. The second-order valence-electron chi connectivity index (χ2n) is 4.88. The number of hydrogen-bond donors (Lipinski definition) is 2. The molecule has 0 aliphatic rings. The van der Waals surface area contributed by atoms with Crippen molar-refractivity contribution in [2.75, 3.05) is 27.4 Å². The normalized spacial score (nSPS) is 10.4. The minimum Gasteiger partial charge on any atom is -0.493 e. The van der Waals surface area contributed by atoms with Crippen molar-refractivity contribution in [2.45, 2.75) is 26.3 Å². The summed E-state index contributed by atoms with van der Waals surface area (Å²) in [7, 11) is 3.09. The van der Waals surface area contributed by atoms with Crippen molar-refractivity contribution in [3.8, 4) is 17.2 Å². The molecule has 0 aromatic heterocycles. The summed E-state index contributed by atoms with van der Waals surface area (Å²) in [4.78, 5) is 11.7. The standard InChI is InChI=1S/C15H24N2O4/c1-10(2)17-14(18)9-21-15-12(19-3)7-11(5-6-16)8-13(15)20-4/h7-8,10H,5-6,9,16H2,1-4H3,(H,17,18). The topological polar surface area (TPSA) is 82.8 Å². The molecule has 1 amide bonds. The van der Waals surface area contributed by atoms with Crippen LogP contribution in [0, 0.1) is 0 Å². The first-order valence-electron chi connectivity index (χ1n) is 6.89. The fraction of sp³-hybridized carbons (Fsp3) is 0.533. The fourth-order valence-electron chi connectivity index (χ4n) is 1.89. The smallest absolute Gasteiger partial charge is 0.258 e. The maximum Gasteiger partial charge on any atom is 0.258 e. The van der Waals surface area contributed by atoms with Gasteiger partial charge in [-0.3, -0.25) is 4.79 Å². The molecule has 0 radical (unpaired) electrons. The van der Waals surface area contributed by atoms with Gasteiger partial charge in [0.05, 0.1) is 14.2 Å². The van der Waals surface area contributed by atoms with Gasteiger partial charge < -0.3 is 25.3 Å². The Bertz CT molecular complexity index is 450. The molecule has 0 bridgehead atoms. The number of amides is 1. The van der Waals surface area contributed by atoms with Crippen LogP contribution in [0.25, 0.3) is 0 Å². The lowest BCUT2D eigenvalue weighted by Crippen LogP contribution is -2.34. The molecule has 0 atom stereocenters. The molecule has 3 N–H and O–H groups in total. The van der Waals surface area contributed by atoms with Gasteiger partial charge in [-0.15, -0.1) is 0 Å². The van der Waals surface area contributed by atoms with E-state index in [1.165, 1.54) is 0 Å². The number of benzene rings is 1. The summed E-state index contributed by atoms with van der Waals surface area (Å²) in [6, 6.07) is 3.74. The minimum absolute atomic E-state index is 0.0665. The van der Waals surface area contributed by atoms with Gasteiger partial charge in [0.25, 0.3) is 5.91 Å². The van der Waals surface area contributed by atoms with E-state index in [1.807, 2.05) is 26.0 Å². The van der Waals surface area contributed by atoms with E-state index in [0.29, 0.717) is 30.2 Å². The van der Waals surface area contributed by atoms with Gasteiger partial charge in [0.15, 0.2) is 18.1 Å². The average molecular weight is 296 g/mol. The number of carbonyl (C=O) groups excluding carboxylic acids is 1. The highest BCUT2D eigenvalue weighted by Gasteiger charge is 2.15. The molecule has 1 aromatic rings. The van der Waals surface area contributed by atoms with Crippen LogP contribution in [0.5, 0.6) is 17.2 Å². The first-order valence-corrected chi connectivity index (χ1v) is 6.89. The summed E-state index contributed by atoms with van der Waals surface area (Å²) in [5.41, 5.74) is 6.55. The fourth-order valence-corrected chi connectivity index (χ4v) is 1.89. The summed E-state index contributed by atoms with van der Waals surface area (Å²) in [5, 5.41) is 2.76. The molecule has 21 heavy (non-hydrogen) atoms. The van der Waals surface area contributed by atoms with Gasteiger partial charge in [-0.1, -0.05) is 0 Å². The van der Waals surface area contributed by atoms with Crippen LogP contribution in [0.4, 0.5) is 0 Å². The highest BCUT2D eigenvalue weighted by Crippen LogP contribution is 2.38. The molecule has 0 saturated heterocycles. The number of nitrogens with two attached hydrogens (primary N) is 1. The van der Waals surface area contributed by atoms with Crippen molar-refractivity contribution >= 4 is 5.91 Å². The van der Waals surface area contributed by atoms with Gasteiger partial charge in [0, 0.05) is 6.04 Å². The predicted molar refractivity (Wildman–Crippen MR) is 81.1 cm³/mol. The SMILES string of the molecule is COc1cc(CCN)cc(OC)c1OCC(=O)NC(C)C. The van der Waals surface area contributed by atoms with Gasteiger partial charge in [0.1, 0.15) is 0 Å². The summed E-state index contributed by atoms with van der Waals surface area (Å²) in [6.45, 7) is 4.21. The summed E-state index contributed by atoms with van der Waals surface area (Å²) in [5.74, 6) is 1.27. The van der Waals surface area contributed by atoms with Crippen molar-refractivity contribution < 1.29 is 19.0 Å². The maximum atomic E-state index is 11.7. The number of carbonyl (C=O) groups is 1. The van der Waals surface area contributed by atoms with Crippen molar-refractivity contribution in [3.05, 3.63) is 17.7 Å². The van der Waals surface area contributed by atoms with Crippen molar-refractivity contribution in [1.29, 1.82) is 0 Å². The zero-order valence-electron chi connectivity index (χ0n) is 13.1. The van der Waals surface area contributed by atoms with E-state index in [2.05, 4.69) is 5.32 Å². The van der Waals surface area contributed by atoms with E-state index >= 15 is 0 Å². The molecule has 118 valence electrons. The van der Waals surface area contributed by atoms with E-state index in [9.17, 15) is 4.79 Å². The Hall–Kier alpha value is -1.95. The average Bonchev–Trinajstić information content (AvgIpc) is 2.44. The third kappa shape index (κ3) is 5.15. The molecule has 0 aliphatic heterocycles. The monoisotopic (exact) mass is 296 g/mol. The predicted octanol–water partition coefficient (Wildman–Crippen LogP) is 1.11. The second-order valence-corrected chi connectivity index (χ2v) is 4.88. The van der Waals surface area contributed by atoms with E-state index < -0.39 is 0 Å². The zero-order valence-corrected chi connectivity index (χ0v) is 13.1. The number of rotatable bonds is 8. The van der Waals surface area contributed by atoms with E-state index in [4.69, 9.17) is 19.9 Å². The quantitative estimate of drug-likeness (QED) is 0.751. The first kappa shape index (κ1) is 17.1. The third-order valence-corrected chi connectivity index (χ3v) is 2.75. The second kappa shape index (κ2) is 8.36. The van der Waals surface area contributed by atoms with Gasteiger partial charge in [0.2, 0.25) is 5.75 Å². The third-order valence-electron chi connectivity index (χ3n) is 2.75. The Morgan fingerprint density at radius 2 is 1.81 bits per heavy atom. The Morgan fingerprint density at radius 3 is 2.24 bits per heavy atom. The van der Waals surface area contributed by atoms with Gasteiger partial charge >= 0.3 is 0 Å². The van der Waals surface area contributed by atoms with Crippen LogP contribution in [0.1, 0.15) is 19.4 Å². The summed E-state index contributed by atoms with van der Waals surface area (Å²) < 4.78 is 16.2. The molecular weight excluding hydrogens is 272 g/mol. The van der Waals surface area contributed by atoms with Gasteiger partial charge in [-0.25, -0.2) is 0 Å². The molecule has 0 aliphatic carbocycles. The Morgan fingerprint density at radius 1 is 1.24 bits per heavy atom. The maximum absolute atomic E-state index is 11.7. The van der Waals surface area contributed by atoms with Crippen molar-refractivity contribution in [2.24, 2.45) is 5.73 Å². The lowest BCUT2D eigenvalue weighted by atomic mass is 10.1. The number of ether oxygens (including phenoxy) is 3. The van der Waals surface area contributed by atoms with Crippen LogP contribution in [0.2, 0.25) is 0 Å². The zero-order chi connectivity index (χ0) is 15.8. The van der Waals surface area contributed by atoms with E-state index in [1.54, 1.807) is 14.2 Å². The number of methoxy groups -OCH3 is 2. The molecule has 0 saturated carbocycles. The highest BCUT2D eigenvalue weighted by atomic mass is 16.5. The van der Waals surface area contributed by atoms with Gasteiger partial charge in [-0.05, 0) is 44.5 Å². The molecule has 6 nitrogen and oxygen atoms in total. The lowest BCUT2D eigenvalue weighted by molar-refractivity contribution is -0.123. The van der Waals surface area contributed by atoms with Gasteiger partial charge in [-0.2, -0.15) is 0 Å². The molecule has 0 unspecified atom stereocenters. The van der Waals surface area contributed by atoms with Crippen molar-refractivity contribution in [1.82, 2.24) is 5.32 Å². The Labute approximate surface area is 125 Å². The summed E-state index contributed by atoms with van der Waals surface area (Å²) >= 11 is 0. The Balaban J connectivity index is 2.91. The lowest BCUT2D eigenvalue weighted by Gasteiger charge is -2.16. The molecule has 1 aromatic carbocycles. The molecule has 1 rings (SSSR count). The van der Waals surface area contributed by atoms with Crippen LogP contribution < -0.4 is 25.3 Å². The molecule has 0 fully saturated rings. The molecule has 0 heterocycles. The first-order chi connectivity index (χ1) is 10.0. The van der Waals surface area contributed by atoms with Crippen LogP contribution >= 0.6 is 0 Å². The van der Waals surface area contributed by atoms with Crippen molar-refractivity contribution in [3.63, 3.8) is 0 Å². The number of nitrogens with one attached hydrogen (secondary N) is 1. The Kier molecular flexibility index (Phi) is 6.81. The highest BCUT2D eigenvalue weighted by molar-refractivity contribution is 5.78. The van der Waals surface area contributed by atoms with Crippen LogP contribution in [-0.4, -0.2) is 39.3 Å². The van der Waals surface area contributed by atoms with Crippen LogP contribution in [0.3, 0.4) is 0 Å². The van der Waals surface area contributed by atoms with E-state index in [0.717, 1.165) is 5.56 Å². The number of hydrogen-bond acceptors (Lipinski definition) is 5. The van der Waals surface area contributed by atoms with Crippen LogP contribution in [-0.2, 0) is 11.2 Å².